The van der Waals surface area contributed by atoms with Crippen LogP contribution in [0.4, 0.5) is 0 Å². The van der Waals surface area contributed by atoms with E-state index in [1.54, 1.807) is 6.07 Å². The lowest BCUT2D eigenvalue weighted by atomic mass is 10.1. The fourth-order valence-electron chi connectivity index (χ4n) is 1.68. The second-order valence-corrected chi connectivity index (χ2v) is 4.97. The lowest BCUT2D eigenvalue weighted by Crippen LogP contribution is -2.34. The molecule has 0 bridgehead atoms. The van der Waals surface area contributed by atoms with Crippen LogP contribution in [-0.2, 0) is 0 Å². The van der Waals surface area contributed by atoms with Gasteiger partial charge in [-0.2, -0.15) is 5.10 Å². The van der Waals surface area contributed by atoms with Crippen LogP contribution in [-0.4, -0.2) is 38.8 Å². The van der Waals surface area contributed by atoms with E-state index in [0.717, 1.165) is 11.1 Å². The van der Waals surface area contributed by atoms with Crippen molar-refractivity contribution in [1.29, 1.82) is 0 Å². The zero-order chi connectivity index (χ0) is 14.0. The summed E-state index contributed by atoms with van der Waals surface area (Å²) in [7, 11) is 0. The molecule has 6 heteroatoms. The van der Waals surface area contributed by atoms with Crippen LogP contribution in [0, 0.1) is 12.8 Å². The summed E-state index contributed by atoms with van der Waals surface area (Å²) < 4.78 is 0. The first-order chi connectivity index (χ1) is 8.99. The highest BCUT2D eigenvalue weighted by molar-refractivity contribution is 5.97. The number of nitrogens with zero attached hydrogens (tertiary/aromatic N) is 2. The normalized spacial score (nSPS) is 12.9. The molecule has 0 fully saturated rings. The second-order valence-electron chi connectivity index (χ2n) is 4.97. The van der Waals surface area contributed by atoms with Gasteiger partial charge in [0, 0.05) is 23.8 Å². The van der Waals surface area contributed by atoms with Gasteiger partial charge in [-0.3, -0.25) is 9.89 Å². The number of rotatable bonds is 4. The Morgan fingerprint density at radius 1 is 1.53 bits per heavy atom. The molecule has 1 amide bonds. The monoisotopic (exact) mass is 262 g/mol. The van der Waals surface area contributed by atoms with Crippen LogP contribution < -0.4 is 5.32 Å². The third kappa shape index (κ3) is 2.90. The van der Waals surface area contributed by atoms with E-state index in [1.165, 1.54) is 6.20 Å². The molecule has 102 valence electrons. The average molecular weight is 262 g/mol. The minimum atomic E-state index is -0.545. The van der Waals surface area contributed by atoms with Gasteiger partial charge >= 0.3 is 0 Å². The third-order valence-corrected chi connectivity index (χ3v) is 3.10. The number of nitrogens with one attached hydrogen (secondary N) is 2. The van der Waals surface area contributed by atoms with Crippen molar-refractivity contribution in [3.63, 3.8) is 0 Å². The van der Waals surface area contributed by atoms with Crippen molar-refractivity contribution in [3.05, 3.63) is 23.5 Å². The van der Waals surface area contributed by atoms with Crippen LogP contribution in [0.15, 0.2) is 12.3 Å². The van der Waals surface area contributed by atoms with Crippen LogP contribution >= 0.6 is 0 Å². The molecule has 2 aromatic rings. The number of aliphatic hydroxyl groups excluding tert-OH is 1. The van der Waals surface area contributed by atoms with E-state index < -0.39 is 6.10 Å². The number of carbonyl (C=O) groups is 1. The molecule has 2 aromatic heterocycles. The summed E-state index contributed by atoms with van der Waals surface area (Å²) in [6.07, 6.45) is 0.941. The zero-order valence-corrected chi connectivity index (χ0v) is 11.3. The Kier molecular flexibility index (Phi) is 3.80. The van der Waals surface area contributed by atoms with Gasteiger partial charge in [-0.05, 0) is 18.9 Å². The van der Waals surface area contributed by atoms with Gasteiger partial charge in [-0.15, -0.1) is 0 Å². The van der Waals surface area contributed by atoms with Crippen molar-refractivity contribution in [3.8, 4) is 0 Å². The van der Waals surface area contributed by atoms with Crippen LogP contribution in [0.2, 0.25) is 0 Å². The molecule has 0 saturated heterocycles. The maximum Gasteiger partial charge on any atom is 0.252 e. The fraction of sp³-hybridized carbons (Fsp3) is 0.462. The molecule has 0 aliphatic rings. The molecule has 3 N–H and O–H groups in total. The lowest BCUT2D eigenvalue weighted by Gasteiger charge is -2.14. The van der Waals surface area contributed by atoms with Crippen molar-refractivity contribution in [2.45, 2.75) is 26.9 Å². The number of aromatic amines is 1. The quantitative estimate of drug-likeness (QED) is 0.767. The molecule has 19 heavy (non-hydrogen) atoms. The highest BCUT2D eigenvalue weighted by Gasteiger charge is 2.13. The molecule has 1 unspecified atom stereocenters. The molecule has 6 nitrogen and oxygen atoms in total. The van der Waals surface area contributed by atoms with E-state index in [0.29, 0.717) is 11.2 Å². The van der Waals surface area contributed by atoms with Crippen molar-refractivity contribution >= 4 is 16.9 Å². The summed E-state index contributed by atoms with van der Waals surface area (Å²) in [6, 6.07) is 1.75. The second kappa shape index (κ2) is 5.36. The number of hydrogen-bond donors (Lipinski definition) is 3. The number of hydrogen-bond acceptors (Lipinski definition) is 4. The summed E-state index contributed by atoms with van der Waals surface area (Å²) in [4.78, 5) is 16.1. The molecule has 0 aromatic carbocycles. The van der Waals surface area contributed by atoms with Gasteiger partial charge in [0.1, 0.15) is 0 Å². The van der Waals surface area contributed by atoms with Crippen molar-refractivity contribution in [2.24, 2.45) is 5.92 Å². The standard InChI is InChI=1S/C13H18N4O2/c1-7(2)11(18)6-15-13(19)9-4-10-8(3)16-17-12(10)14-5-9/h4-5,7,11,18H,6H2,1-3H3,(H,15,19)(H,14,16,17). The highest BCUT2D eigenvalue weighted by atomic mass is 16.3. The van der Waals surface area contributed by atoms with E-state index in [-0.39, 0.29) is 18.4 Å². The first-order valence-corrected chi connectivity index (χ1v) is 6.26. The average Bonchev–Trinajstić information content (AvgIpc) is 2.76. The number of carbonyl (C=O) groups excluding carboxylic acids is 1. The van der Waals surface area contributed by atoms with E-state index in [9.17, 15) is 9.90 Å². The topological polar surface area (TPSA) is 90.9 Å². The third-order valence-electron chi connectivity index (χ3n) is 3.10. The van der Waals surface area contributed by atoms with Gasteiger partial charge in [0.2, 0.25) is 0 Å². The maximum atomic E-state index is 12.0. The largest absolute Gasteiger partial charge is 0.391 e. The molecule has 2 rings (SSSR count). The summed E-state index contributed by atoms with van der Waals surface area (Å²) >= 11 is 0. The molecule has 0 spiro atoms. The molecular weight excluding hydrogens is 244 g/mol. The molecular formula is C13H18N4O2. The lowest BCUT2D eigenvalue weighted by molar-refractivity contribution is 0.0871. The molecule has 0 aliphatic heterocycles. The van der Waals surface area contributed by atoms with Gasteiger partial charge in [-0.25, -0.2) is 4.98 Å². The predicted octanol–water partition coefficient (Wildman–Crippen LogP) is 1.01. The highest BCUT2D eigenvalue weighted by Crippen LogP contribution is 2.14. The smallest absolute Gasteiger partial charge is 0.252 e. The fourth-order valence-corrected chi connectivity index (χ4v) is 1.68. The Hall–Kier alpha value is -1.95. The van der Waals surface area contributed by atoms with E-state index >= 15 is 0 Å². The summed E-state index contributed by atoms with van der Waals surface area (Å²) in [5.74, 6) is -0.133. The minimum absolute atomic E-state index is 0.108. The number of H-pyrrole nitrogens is 1. The van der Waals surface area contributed by atoms with E-state index in [2.05, 4.69) is 20.5 Å². The Morgan fingerprint density at radius 2 is 2.26 bits per heavy atom. The van der Waals surface area contributed by atoms with Crippen LogP contribution in [0.3, 0.4) is 0 Å². The number of aliphatic hydroxyl groups is 1. The van der Waals surface area contributed by atoms with Crippen molar-refractivity contribution < 1.29 is 9.90 Å². The number of aryl methyl sites for hydroxylation is 1. The van der Waals surface area contributed by atoms with Gasteiger partial charge in [0.15, 0.2) is 5.65 Å². The molecule has 0 radical (unpaired) electrons. The number of pyridine rings is 1. The summed E-state index contributed by atoms with van der Waals surface area (Å²) in [5.41, 5.74) is 1.93. The Morgan fingerprint density at radius 3 is 2.95 bits per heavy atom. The Bertz CT molecular complexity index is 591. The van der Waals surface area contributed by atoms with Gasteiger partial charge in [0.05, 0.1) is 11.7 Å². The van der Waals surface area contributed by atoms with E-state index in [4.69, 9.17) is 0 Å². The number of aromatic nitrogens is 3. The Balaban J connectivity index is 2.11. The van der Waals surface area contributed by atoms with Crippen molar-refractivity contribution in [1.82, 2.24) is 20.5 Å². The predicted molar refractivity (Wildman–Crippen MR) is 71.8 cm³/mol. The summed E-state index contributed by atoms with van der Waals surface area (Å²) in [6.45, 7) is 5.92. The summed E-state index contributed by atoms with van der Waals surface area (Å²) in [5, 5.41) is 20.0. The van der Waals surface area contributed by atoms with Crippen molar-refractivity contribution in [2.75, 3.05) is 6.54 Å². The molecule has 0 aliphatic carbocycles. The Labute approximate surface area is 111 Å². The SMILES string of the molecule is Cc1[nH]nc2ncc(C(=O)NCC(O)C(C)C)cc12. The van der Waals surface area contributed by atoms with Crippen LogP contribution in [0.5, 0.6) is 0 Å². The van der Waals surface area contributed by atoms with E-state index in [1.807, 2.05) is 20.8 Å². The first-order valence-electron chi connectivity index (χ1n) is 6.26. The van der Waals surface area contributed by atoms with Gasteiger partial charge in [0.25, 0.3) is 5.91 Å². The zero-order valence-electron chi connectivity index (χ0n) is 11.3. The van der Waals surface area contributed by atoms with Gasteiger partial charge in [-0.1, -0.05) is 13.8 Å². The molecule has 1 atom stereocenters. The molecule has 2 heterocycles. The molecule has 0 saturated carbocycles. The maximum absolute atomic E-state index is 12.0. The van der Waals surface area contributed by atoms with Crippen LogP contribution in [0.1, 0.15) is 29.9 Å². The number of amides is 1. The van der Waals surface area contributed by atoms with Crippen LogP contribution in [0.25, 0.3) is 11.0 Å². The minimum Gasteiger partial charge on any atom is -0.391 e. The van der Waals surface area contributed by atoms with Gasteiger partial charge < -0.3 is 10.4 Å². The number of fused-ring (bicyclic) bond motifs is 1. The first kappa shape index (κ1) is 13.5.